The van der Waals surface area contributed by atoms with Crippen LogP contribution in [0.3, 0.4) is 0 Å². The summed E-state index contributed by atoms with van der Waals surface area (Å²) in [7, 11) is 1.61. The van der Waals surface area contributed by atoms with E-state index in [4.69, 9.17) is 14.7 Å². The summed E-state index contributed by atoms with van der Waals surface area (Å²) in [5.41, 5.74) is 5.55. The van der Waals surface area contributed by atoms with Gasteiger partial charge >= 0.3 is 0 Å². The SMILES string of the molecule is CCc1nc(C)c2c(=O)n(CCCN3CCN(C(c4ccccc4)c4ccccc4)CC3)c3ccc(OC)nc3n12. The molecule has 2 aromatic carbocycles. The molecule has 1 saturated heterocycles. The molecule has 6 rings (SSSR count). The summed E-state index contributed by atoms with van der Waals surface area (Å²) in [5, 5.41) is 0. The van der Waals surface area contributed by atoms with Crippen molar-refractivity contribution < 1.29 is 4.74 Å². The zero-order valence-corrected chi connectivity index (χ0v) is 24.2. The maximum Gasteiger partial charge on any atom is 0.277 e. The van der Waals surface area contributed by atoms with Gasteiger partial charge in [-0.05, 0) is 37.1 Å². The lowest BCUT2D eigenvalue weighted by atomic mass is 9.96. The van der Waals surface area contributed by atoms with Gasteiger partial charge in [0.15, 0.2) is 5.65 Å². The smallest absolute Gasteiger partial charge is 0.277 e. The van der Waals surface area contributed by atoms with Crippen molar-refractivity contribution in [3.05, 3.63) is 106 Å². The molecule has 3 aromatic heterocycles. The molecular formula is C33H38N6O2. The van der Waals surface area contributed by atoms with Crippen molar-refractivity contribution in [2.24, 2.45) is 0 Å². The van der Waals surface area contributed by atoms with Gasteiger partial charge in [-0.3, -0.25) is 14.1 Å². The predicted molar refractivity (Wildman–Crippen MR) is 163 cm³/mol. The van der Waals surface area contributed by atoms with Crippen LogP contribution in [0, 0.1) is 6.92 Å². The zero-order valence-electron chi connectivity index (χ0n) is 24.2. The van der Waals surface area contributed by atoms with Gasteiger partial charge in [-0.15, -0.1) is 0 Å². The predicted octanol–water partition coefficient (Wildman–Crippen LogP) is 4.72. The topological polar surface area (TPSA) is 67.9 Å². The van der Waals surface area contributed by atoms with Gasteiger partial charge in [-0.25, -0.2) is 4.98 Å². The number of benzene rings is 2. The van der Waals surface area contributed by atoms with Crippen LogP contribution in [-0.4, -0.2) is 68.6 Å². The number of imidazole rings is 1. The molecule has 0 unspecified atom stereocenters. The van der Waals surface area contributed by atoms with E-state index in [1.807, 2.05) is 34.9 Å². The number of methoxy groups -OCH3 is 1. The average Bonchev–Trinajstić information content (AvgIpc) is 3.37. The highest BCUT2D eigenvalue weighted by Crippen LogP contribution is 2.29. The lowest BCUT2D eigenvalue weighted by Crippen LogP contribution is -2.48. The van der Waals surface area contributed by atoms with Crippen LogP contribution in [0.1, 0.15) is 42.0 Å². The zero-order chi connectivity index (χ0) is 28.3. The number of aromatic nitrogens is 4. The number of nitrogens with zero attached hydrogens (tertiary/aromatic N) is 6. The Morgan fingerprint density at radius 1 is 0.854 bits per heavy atom. The lowest BCUT2D eigenvalue weighted by molar-refractivity contribution is 0.108. The second-order valence-corrected chi connectivity index (χ2v) is 10.8. The van der Waals surface area contributed by atoms with Crippen LogP contribution in [0.25, 0.3) is 16.7 Å². The van der Waals surface area contributed by atoms with Crippen molar-refractivity contribution in [3.8, 4) is 5.88 Å². The van der Waals surface area contributed by atoms with Crippen LogP contribution < -0.4 is 10.3 Å². The summed E-state index contributed by atoms with van der Waals surface area (Å²) in [4.78, 5) is 28.3. The van der Waals surface area contributed by atoms with Crippen molar-refractivity contribution in [1.29, 1.82) is 0 Å². The highest BCUT2D eigenvalue weighted by Gasteiger charge is 2.26. The summed E-state index contributed by atoms with van der Waals surface area (Å²) >= 11 is 0. The number of piperazine rings is 1. The van der Waals surface area contributed by atoms with E-state index >= 15 is 0 Å². The number of pyridine rings is 1. The normalized spacial score (nSPS) is 14.8. The molecular weight excluding hydrogens is 512 g/mol. The summed E-state index contributed by atoms with van der Waals surface area (Å²) in [6.45, 7) is 9.54. The van der Waals surface area contributed by atoms with Crippen molar-refractivity contribution in [3.63, 3.8) is 0 Å². The van der Waals surface area contributed by atoms with Crippen LogP contribution >= 0.6 is 0 Å². The number of rotatable bonds is 9. The molecule has 0 atom stereocenters. The maximum absolute atomic E-state index is 13.7. The Kier molecular flexibility index (Phi) is 7.85. The molecule has 0 bridgehead atoms. The highest BCUT2D eigenvalue weighted by molar-refractivity contribution is 5.77. The van der Waals surface area contributed by atoms with E-state index in [9.17, 15) is 4.79 Å². The largest absolute Gasteiger partial charge is 0.481 e. The molecule has 0 radical (unpaired) electrons. The van der Waals surface area contributed by atoms with Crippen molar-refractivity contribution in [2.45, 2.75) is 39.3 Å². The van der Waals surface area contributed by atoms with Crippen molar-refractivity contribution in [2.75, 3.05) is 39.8 Å². The third kappa shape index (κ3) is 5.25. The molecule has 4 heterocycles. The number of aryl methyl sites for hydroxylation is 3. The van der Waals surface area contributed by atoms with Crippen LogP contribution in [0.2, 0.25) is 0 Å². The molecule has 5 aromatic rings. The molecule has 1 aliphatic rings. The molecule has 41 heavy (non-hydrogen) atoms. The Hall–Kier alpha value is -4.01. The fraction of sp³-hybridized carbons (Fsp3) is 0.364. The first-order valence-corrected chi connectivity index (χ1v) is 14.6. The fourth-order valence-electron chi connectivity index (χ4n) is 6.26. The Bertz CT molecular complexity index is 1650. The third-order valence-electron chi connectivity index (χ3n) is 8.28. The minimum Gasteiger partial charge on any atom is -0.481 e. The number of ether oxygens (including phenoxy) is 1. The van der Waals surface area contributed by atoms with E-state index in [1.54, 1.807) is 7.11 Å². The van der Waals surface area contributed by atoms with Gasteiger partial charge in [0.2, 0.25) is 5.88 Å². The first kappa shape index (κ1) is 27.2. The molecule has 0 aliphatic carbocycles. The molecule has 8 nitrogen and oxygen atoms in total. The van der Waals surface area contributed by atoms with Crippen LogP contribution in [-0.2, 0) is 13.0 Å². The van der Waals surface area contributed by atoms with Gasteiger partial charge in [0.1, 0.15) is 11.3 Å². The van der Waals surface area contributed by atoms with Gasteiger partial charge in [-0.1, -0.05) is 67.6 Å². The monoisotopic (exact) mass is 550 g/mol. The highest BCUT2D eigenvalue weighted by atomic mass is 16.5. The first-order chi connectivity index (χ1) is 20.1. The molecule has 1 aliphatic heterocycles. The lowest BCUT2D eigenvalue weighted by Gasteiger charge is -2.40. The van der Waals surface area contributed by atoms with Crippen LogP contribution in [0.15, 0.2) is 77.6 Å². The van der Waals surface area contributed by atoms with E-state index < -0.39 is 0 Å². The Balaban J connectivity index is 1.18. The standard InChI is InChI=1S/C33H38N6O2/c1-4-28-34-24(2)30-33(40)38(27-16-17-29(41-3)35-32(27)39(28)30)19-11-18-36-20-22-37(23-21-36)31(25-12-7-5-8-13-25)26-14-9-6-10-15-26/h5-10,12-17,31H,4,11,18-23H2,1-3H3. The summed E-state index contributed by atoms with van der Waals surface area (Å²) in [5.74, 6) is 1.37. The second-order valence-electron chi connectivity index (χ2n) is 10.8. The van der Waals surface area contributed by atoms with E-state index in [0.717, 1.165) is 61.8 Å². The van der Waals surface area contributed by atoms with Crippen molar-refractivity contribution >= 4 is 16.7 Å². The summed E-state index contributed by atoms with van der Waals surface area (Å²) < 4.78 is 9.22. The summed E-state index contributed by atoms with van der Waals surface area (Å²) in [6.07, 6.45) is 1.60. The molecule has 0 spiro atoms. The van der Waals surface area contributed by atoms with E-state index in [2.05, 4.69) is 70.5 Å². The van der Waals surface area contributed by atoms with Gasteiger partial charge < -0.3 is 14.2 Å². The molecule has 0 saturated carbocycles. The fourth-order valence-corrected chi connectivity index (χ4v) is 6.26. The number of fused-ring (bicyclic) bond motifs is 3. The molecule has 1 fully saturated rings. The van der Waals surface area contributed by atoms with Gasteiger partial charge in [-0.2, -0.15) is 4.98 Å². The maximum atomic E-state index is 13.7. The summed E-state index contributed by atoms with van der Waals surface area (Å²) in [6, 6.07) is 25.7. The average molecular weight is 551 g/mol. The Morgan fingerprint density at radius 3 is 2.12 bits per heavy atom. The van der Waals surface area contributed by atoms with E-state index in [0.29, 0.717) is 24.4 Å². The minimum atomic E-state index is -0.00690. The molecule has 0 N–H and O–H groups in total. The first-order valence-electron chi connectivity index (χ1n) is 14.6. The second kappa shape index (κ2) is 11.8. The quantitative estimate of drug-likeness (QED) is 0.265. The van der Waals surface area contributed by atoms with Crippen LogP contribution in [0.4, 0.5) is 0 Å². The van der Waals surface area contributed by atoms with E-state index in [-0.39, 0.29) is 11.6 Å². The minimum absolute atomic E-state index is 0.00690. The van der Waals surface area contributed by atoms with Crippen LogP contribution in [0.5, 0.6) is 5.88 Å². The van der Waals surface area contributed by atoms with Crippen molar-refractivity contribution in [1.82, 2.24) is 28.7 Å². The Morgan fingerprint density at radius 2 is 1.51 bits per heavy atom. The number of hydrogen-bond donors (Lipinski definition) is 0. The van der Waals surface area contributed by atoms with E-state index in [1.165, 1.54) is 11.1 Å². The molecule has 8 heteroatoms. The molecule has 0 amide bonds. The van der Waals surface area contributed by atoms with Gasteiger partial charge in [0, 0.05) is 45.2 Å². The third-order valence-corrected chi connectivity index (χ3v) is 8.28. The number of hydrogen-bond acceptors (Lipinski definition) is 6. The molecule has 212 valence electrons. The Labute approximate surface area is 240 Å². The van der Waals surface area contributed by atoms with Gasteiger partial charge in [0.05, 0.1) is 24.4 Å². The van der Waals surface area contributed by atoms with Gasteiger partial charge in [0.25, 0.3) is 5.56 Å².